The second kappa shape index (κ2) is 5.54. The van der Waals surface area contributed by atoms with Gasteiger partial charge < -0.3 is 10.6 Å². The van der Waals surface area contributed by atoms with Gasteiger partial charge in [-0.05, 0) is 26.1 Å². The average molecular weight is 284 g/mol. The van der Waals surface area contributed by atoms with Crippen molar-refractivity contribution in [3.63, 3.8) is 0 Å². The van der Waals surface area contributed by atoms with Crippen LogP contribution in [-0.2, 0) is 16.6 Å². The summed E-state index contributed by atoms with van der Waals surface area (Å²) in [7, 11) is -1.49. The first kappa shape index (κ1) is 14.4. The van der Waals surface area contributed by atoms with Crippen molar-refractivity contribution in [1.82, 2.24) is 14.2 Å². The van der Waals surface area contributed by atoms with Crippen LogP contribution in [0.2, 0.25) is 0 Å². The molecule has 0 aliphatic carbocycles. The summed E-state index contributed by atoms with van der Waals surface area (Å²) in [6.07, 6.45) is 1.56. The highest BCUT2D eigenvalue weighted by Crippen LogP contribution is 2.21. The van der Waals surface area contributed by atoms with Crippen LogP contribution < -0.4 is 5.73 Å². The standard InChI is InChI=1S/C12H20N4O2S/c1-10-9-16(7-6-15(10)2)19(17,18)12-4-3-5-14-11(12)8-13/h3-5,10H,6-9,13H2,1-2H3. The van der Waals surface area contributed by atoms with Crippen molar-refractivity contribution in [1.29, 1.82) is 0 Å². The molecule has 6 nitrogen and oxygen atoms in total. The van der Waals surface area contributed by atoms with Crippen molar-refractivity contribution < 1.29 is 8.42 Å². The number of sulfonamides is 1. The van der Waals surface area contributed by atoms with Gasteiger partial charge in [0.05, 0.1) is 5.69 Å². The summed E-state index contributed by atoms with van der Waals surface area (Å²) in [6.45, 7) is 3.88. The summed E-state index contributed by atoms with van der Waals surface area (Å²) in [5.41, 5.74) is 6.00. The van der Waals surface area contributed by atoms with Crippen LogP contribution in [-0.4, -0.2) is 55.3 Å². The minimum atomic E-state index is -3.50. The van der Waals surface area contributed by atoms with Crippen molar-refractivity contribution >= 4 is 10.0 Å². The van der Waals surface area contributed by atoms with E-state index in [1.807, 2.05) is 14.0 Å². The second-order valence-electron chi connectivity index (χ2n) is 4.85. The van der Waals surface area contributed by atoms with Crippen LogP contribution in [0.4, 0.5) is 0 Å². The lowest BCUT2D eigenvalue weighted by Gasteiger charge is -2.36. The molecule has 0 saturated carbocycles. The lowest BCUT2D eigenvalue weighted by atomic mass is 10.2. The van der Waals surface area contributed by atoms with Crippen LogP contribution in [0.5, 0.6) is 0 Å². The first-order valence-corrected chi connectivity index (χ1v) is 7.75. The number of hydrogen-bond acceptors (Lipinski definition) is 5. The van der Waals surface area contributed by atoms with Crippen LogP contribution >= 0.6 is 0 Å². The molecule has 1 atom stereocenters. The molecule has 0 spiro atoms. The molecule has 0 bridgehead atoms. The Morgan fingerprint density at radius 2 is 2.21 bits per heavy atom. The fraction of sp³-hybridized carbons (Fsp3) is 0.583. The number of nitrogens with zero attached hydrogens (tertiary/aromatic N) is 3. The first-order chi connectivity index (χ1) is 8.96. The van der Waals surface area contributed by atoms with E-state index in [4.69, 9.17) is 5.73 Å². The lowest BCUT2D eigenvalue weighted by molar-refractivity contribution is 0.159. The Morgan fingerprint density at radius 3 is 2.84 bits per heavy atom. The molecule has 1 aliphatic rings. The number of piperazine rings is 1. The SMILES string of the molecule is CC1CN(S(=O)(=O)c2cccnc2CN)CCN1C. The third-order valence-electron chi connectivity index (χ3n) is 3.58. The molecular formula is C12H20N4O2S. The summed E-state index contributed by atoms with van der Waals surface area (Å²) in [4.78, 5) is 6.43. The molecule has 19 heavy (non-hydrogen) atoms. The Hall–Kier alpha value is -1.02. The smallest absolute Gasteiger partial charge is 0.245 e. The largest absolute Gasteiger partial charge is 0.325 e. The predicted octanol–water partition coefficient (Wildman–Crippen LogP) is -0.135. The molecule has 0 amide bonds. The molecular weight excluding hydrogens is 264 g/mol. The molecule has 1 aromatic heterocycles. The summed E-state index contributed by atoms with van der Waals surface area (Å²) < 4.78 is 26.8. The minimum absolute atomic E-state index is 0.124. The van der Waals surface area contributed by atoms with Crippen molar-refractivity contribution in [3.8, 4) is 0 Å². The average Bonchev–Trinajstić information content (AvgIpc) is 2.41. The molecule has 1 aromatic rings. The molecule has 7 heteroatoms. The van der Waals surface area contributed by atoms with Gasteiger partial charge in [-0.3, -0.25) is 4.98 Å². The fourth-order valence-corrected chi connectivity index (χ4v) is 3.88. The number of rotatable bonds is 3. The predicted molar refractivity (Wildman–Crippen MR) is 73.0 cm³/mol. The molecule has 1 unspecified atom stereocenters. The van der Waals surface area contributed by atoms with Crippen molar-refractivity contribution in [2.45, 2.75) is 24.4 Å². The van der Waals surface area contributed by atoms with Crippen molar-refractivity contribution in [2.24, 2.45) is 5.73 Å². The molecule has 2 rings (SSSR count). The monoisotopic (exact) mass is 284 g/mol. The fourth-order valence-electron chi connectivity index (χ4n) is 2.18. The summed E-state index contributed by atoms with van der Waals surface area (Å²) >= 11 is 0. The topological polar surface area (TPSA) is 79.5 Å². The van der Waals surface area contributed by atoms with Gasteiger partial charge in [-0.25, -0.2) is 8.42 Å². The van der Waals surface area contributed by atoms with E-state index in [1.54, 1.807) is 18.3 Å². The van der Waals surface area contributed by atoms with Gasteiger partial charge in [-0.2, -0.15) is 4.31 Å². The zero-order valence-electron chi connectivity index (χ0n) is 11.3. The van der Waals surface area contributed by atoms with E-state index in [1.165, 1.54) is 4.31 Å². The normalized spacial score (nSPS) is 22.6. The van der Waals surface area contributed by atoms with E-state index >= 15 is 0 Å². The van der Waals surface area contributed by atoms with Gasteiger partial charge in [0.15, 0.2) is 0 Å². The highest BCUT2D eigenvalue weighted by Gasteiger charge is 2.32. The van der Waals surface area contributed by atoms with Crippen LogP contribution in [0.1, 0.15) is 12.6 Å². The van der Waals surface area contributed by atoms with Crippen molar-refractivity contribution in [2.75, 3.05) is 26.7 Å². The Balaban J connectivity index is 2.32. The van der Waals surface area contributed by atoms with Gasteiger partial charge >= 0.3 is 0 Å². The van der Waals surface area contributed by atoms with E-state index in [2.05, 4.69) is 9.88 Å². The Morgan fingerprint density at radius 1 is 1.47 bits per heavy atom. The molecule has 2 N–H and O–H groups in total. The van der Waals surface area contributed by atoms with Crippen molar-refractivity contribution in [3.05, 3.63) is 24.0 Å². The maximum Gasteiger partial charge on any atom is 0.245 e. The third-order valence-corrected chi connectivity index (χ3v) is 5.52. The number of nitrogens with two attached hydrogens (primary N) is 1. The molecule has 106 valence electrons. The zero-order valence-corrected chi connectivity index (χ0v) is 12.1. The second-order valence-corrected chi connectivity index (χ2v) is 6.75. The maximum absolute atomic E-state index is 12.6. The van der Waals surface area contributed by atoms with E-state index in [-0.39, 0.29) is 17.5 Å². The number of likely N-dealkylation sites (N-methyl/N-ethyl adjacent to an activating group) is 1. The van der Waals surface area contributed by atoms with E-state index in [0.29, 0.717) is 18.8 Å². The van der Waals surface area contributed by atoms with Crippen LogP contribution in [0.3, 0.4) is 0 Å². The van der Waals surface area contributed by atoms with E-state index in [9.17, 15) is 8.42 Å². The van der Waals surface area contributed by atoms with Gasteiger partial charge in [0.2, 0.25) is 10.0 Å². The van der Waals surface area contributed by atoms with Gasteiger partial charge in [0, 0.05) is 38.4 Å². The number of pyridine rings is 1. The zero-order chi connectivity index (χ0) is 14.0. The van der Waals surface area contributed by atoms with Gasteiger partial charge in [0.1, 0.15) is 4.90 Å². The summed E-state index contributed by atoms with van der Waals surface area (Å²) in [5, 5.41) is 0. The van der Waals surface area contributed by atoms with Gasteiger partial charge in [-0.15, -0.1) is 0 Å². The first-order valence-electron chi connectivity index (χ1n) is 6.31. The van der Waals surface area contributed by atoms with Crippen LogP contribution in [0, 0.1) is 0 Å². The highest BCUT2D eigenvalue weighted by atomic mass is 32.2. The Kier molecular flexibility index (Phi) is 4.19. The minimum Gasteiger partial charge on any atom is -0.325 e. The number of aromatic nitrogens is 1. The van der Waals surface area contributed by atoms with Gasteiger partial charge in [-0.1, -0.05) is 0 Å². The number of hydrogen-bond donors (Lipinski definition) is 1. The molecule has 0 aromatic carbocycles. The highest BCUT2D eigenvalue weighted by molar-refractivity contribution is 7.89. The quantitative estimate of drug-likeness (QED) is 0.836. The lowest BCUT2D eigenvalue weighted by Crippen LogP contribution is -2.52. The maximum atomic E-state index is 12.6. The Bertz CT molecular complexity index is 546. The molecule has 2 heterocycles. The summed E-state index contributed by atoms with van der Waals surface area (Å²) in [6, 6.07) is 3.42. The third kappa shape index (κ3) is 2.79. The van der Waals surface area contributed by atoms with Crippen LogP contribution in [0.25, 0.3) is 0 Å². The Labute approximate surface area is 114 Å². The van der Waals surface area contributed by atoms with E-state index < -0.39 is 10.0 Å². The van der Waals surface area contributed by atoms with Gasteiger partial charge in [0.25, 0.3) is 0 Å². The molecule has 1 fully saturated rings. The van der Waals surface area contributed by atoms with E-state index in [0.717, 1.165) is 6.54 Å². The molecule has 0 radical (unpaired) electrons. The van der Waals surface area contributed by atoms with Crippen LogP contribution in [0.15, 0.2) is 23.2 Å². The molecule has 1 saturated heterocycles. The summed E-state index contributed by atoms with van der Waals surface area (Å²) in [5.74, 6) is 0. The molecule has 1 aliphatic heterocycles.